The molecule has 0 heterocycles. The Morgan fingerprint density at radius 1 is 0.957 bits per heavy atom. The lowest BCUT2D eigenvalue weighted by molar-refractivity contribution is 0.340. The number of nitrogens with zero attached hydrogens (tertiary/aromatic N) is 1. The van der Waals surface area contributed by atoms with Gasteiger partial charge in [-0.05, 0) is 60.9 Å². The van der Waals surface area contributed by atoms with Gasteiger partial charge in [0.2, 0.25) is 0 Å². The molecule has 0 atom stereocenters. The molecule has 0 fully saturated rings. The Morgan fingerprint density at radius 3 is 2.57 bits per heavy atom. The van der Waals surface area contributed by atoms with Crippen LogP contribution in [-0.4, -0.2) is 12.8 Å². The SMILES string of the molecule is CCOc1ccc2ccccc2c1/C=N/c1ccc(C)c(C)c1. The third-order valence-electron chi connectivity index (χ3n) is 4.06. The molecule has 0 unspecified atom stereocenters. The van der Waals surface area contributed by atoms with Gasteiger partial charge in [-0.3, -0.25) is 4.99 Å². The van der Waals surface area contributed by atoms with E-state index in [0.29, 0.717) is 6.61 Å². The molecule has 2 nitrogen and oxygen atoms in total. The minimum atomic E-state index is 0.642. The molecular weight excluding hydrogens is 282 g/mol. The van der Waals surface area contributed by atoms with Crippen LogP contribution in [0.2, 0.25) is 0 Å². The van der Waals surface area contributed by atoms with Crippen molar-refractivity contribution in [2.24, 2.45) is 4.99 Å². The fraction of sp³-hybridized carbons (Fsp3) is 0.190. The average molecular weight is 303 g/mol. The van der Waals surface area contributed by atoms with Gasteiger partial charge >= 0.3 is 0 Å². The van der Waals surface area contributed by atoms with E-state index in [1.165, 1.54) is 16.5 Å². The van der Waals surface area contributed by atoms with Crippen LogP contribution >= 0.6 is 0 Å². The van der Waals surface area contributed by atoms with Crippen molar-refractivity contribution in [3.63, 3.8) is 0 Å². The predicted octanol–water partition coefficient (Wildman–Crippen LogP) is 5.61. The first-order chi connectivity index (χ1) is 11.2. The monoisotopic (exact) mass is 303 g/mol. The molecule has 116 valence electrons. The third kappa shape index (κ3) is 3.26. The van der Waals surface area contributed by atoms with Crippen LogP contribution in [0.3, 0.4) is 0 Å². The van der Waals surface area contributed by atoms with E-state index >= 15 is 0 Å². The zero-order valence-corrected chi connectivity index (χ0v) is 13.8. The second kappa shape index (κ2) is 6.66. The summed E-state index contributed by atoms with van der Waals surface area (Å²) in [5.41, 5.74) is 4.53. The third-order valence-corrected chi connectivity index (χ3v) is 4.06. The maximum Gasteiger partial charge on any atom is 0.128 e. The molecule has 0 aliphatic carbocycles. The van der Waals surface area contributed by atoms with Gasteiger partial charge in [0.25, 0.3) is 0 Å². The van der Waals surface area contributed by atoms with Crippen molar-refractivity contribution in [3.8, 4) is 5.75 Å². The van der Waals surface area contributed by atoms with E-state index in [9.17, 15) is 0 Å². The smallest absolute Gasteiger partial charge is 0.128 e. The van der Waals surface area contributed by atoms with Crippen LogP contribution in [0.15, 0.2) is 59.6 Å². The summed E-state index contributed by atoms with van der Waals surface area (Å²) in [6.45, 7) is 6.86. The minimum absolute atomic E-state index is 0.642. The first-order valence-electron chi connectivity index (χ1n) is 7.95. The molecule has 3 aromatic rings. The molecule has 0 spiro atoms. The summed E-state index contributed by atoms with van der Waals surface area (Å²) < 4.78 is 5.79. The first kappa shape index (κ1) is 15.3. The van der Waals surface area contributed by atoms with Gasteiger partial charge in [0.05, 0.1) is 12.3 Å². The molecule has 0 aromatic heterocycles. The minimum Gasteiger partial charge on any atom is -0.493 e. The van der Waals surface area contributed by atoms with Gasteiger partial charge in [0, 0.05) is 11.8 Å². The zero-order chi connectivity index (χ0) is 16.2. The number of hydrogen-bond donors (Lipinski definition) is 0. The summed E-state index contributed by atoms with van der Waals surface area (Å²) >= 11 is 0. The standard InChI is InChI=1S/C21H21NO/c1-4-23-21-12-10-17-7-5-6-8-19(17)20(21)14-22-18-11-9-15(2)16(3)13-18/h5-14H,4H2,1-3H3/b22-14+. The second-order valence-corrected chi connectivity index (χ2v) is 5.66. The molecule has 0 aliphatic heterocycles. The molecule has 0 N–H and O–H groups in total. The Balaban J connectivity index is 2.07. The molecule has 0 amide bonds. The molecule has 0 bridgehead atoms. The fourth-order valence-corrected chi connectivity index (χ4v) is 2.64. The van der Waals surface area contributed by atoms with Crippen LogP contribution in [-0.2, 0) is 0 Å². The Bertz CT molecular complexity index is 865. The Hall–Kier alpha value is -2.61. The Labute approximate surface area is 137 Å². The van der Waals surface area contributed by atoms with Crippen molar-refractivity contribution in [2.75, 3.05) is 6.61 Å². The quantitative estimate of drug-likeness (QED) is 0.574. The van der Waals surface area contributed by atoms with Gasteiger partial charge in [-0.1, -0.05) is 36.4 Å². The molecule has 2 heteroatoms. The molecular formula is C21H21NO. The van der Waals surface area contributed by atoms with E-state index in [1.54, 1.807) is 0 Å². The molecule has 23 heavy (non-hydrogen) atoms. The lowest BCUT2D eigenvalue weighted by atomic mass is 10.0. The highest BCUT2D eigenvalue weighted by Crippen LogP contribution is 2.27. The molecule has 0 saturated heterocycles. The van der Waals surface area contributed by atoms with E-state index in [4.69, 9.17) is 4.74 Å². The van der Waals surface area contributed by atoms with E-state index in [1.807, 2.05) is 37.4 Å². The molecule has 0 radical (unpaired) electrons. The molecule has 0 aliphatic rings. The van der Waals surface area contributed by atoms with Gasteiger partial charge in [-0.15, -0.1) is 0 Å². The van der Waals surface area contributed by atoms with Crippen molar-refractivity contribution in [1.29, 1.82) is 0 Å². The number of hydrogen-bond acceptors (Lipinski definition) is 2. The van der Waals surface area contributed by atoms with Crippen molar-refractivity contribution in [2.45, 2.75) is 20.8 Å². The normalized spacial score (nSPS) is 11.3. The number of rotatable bonds is 4. The van der Waals surface area contributed by atoms with E-state index in [-0.39, 0.29) is 0 Å². The number of benzene rings is 3. The lowest BCUT2D eigenvalue weighted by Crippen LogP contribution is -1.97. The van der Waals surface area contributed by atoms with Crippen LogP contribution in [0.1, 0.15) is 23.6 Å². The number of ether oxygens (including phenoxy) is 1. The summed E-state index contributed by atoms with van der Waals surface area (Å²) in [4.78, 5) is 4.67. The van der Waals surface area contributed by atoms with Gasteiger partial charge < -0.3 is 4.74 Å². The largest absolute Gasteiger partial charge is 0.493 e. The average Bonchev–Trinajstić information content (AvgIpc) is 2.57. The maximum atomic E-state index is 5.79. The van der Waals surface area contributed by atoms with E-state index in [0.717, 1.165) is 22.4 Å². The summed E-state index contributed by atoms with van der Waals surface area (Å²) in [7, 11) is 0. The maximum absolute atomic E-state index is 5.79. The molecule has 3 aromatic carbocycles. The topological polar surface area (TPSA) is 21.6 Å². The first-order valence-corrected chi connectivity index (χ1v) is 7.95. The highest BCUT2D eigenvalue weighted by molar-refractivity contribution is 6.03. The zero-order valence-electron chi connectivity index (χ0n) is 13.8. The van der Waals surface area contributed by atoms with Crippen LogP contribution in [0.25, 0.3) is 10.8 Å². The van der Waals surface area contributed by atoms with Crippen molar-refractivity contribution >= 4 is 22.7 Å². The number of aliphatic imine (C=N–C) groups is 1. The second-order valence-electron chi connectivity index (χ2n) is 5.66. The van der Waals surface area contributed by atoms with Crippen molar-refractivity contribution in [1.82, 2.24) is 0 Å². The predicted molar refractivity (Wildman–Crippen MR) is 98.3 cm³/mol. The summed E-state index contributed by atoms with van der Waals surface area (Å²) in [6.07, 6.45) is 1.91. The molecule has 0 saturated carbocycles. The van der Waals surface area contributed by atoms with Crippen LogP contribution in [0.5, 0.6) is 5.75 Å². The van der Waals surface area contributed by atoms with Gasteiger partial charge in [0.15, 0.2) is 0 Å². The summed E-state index contributed by atoms with van der Waals surface area (Å²) in [5.74, 6) is 0.874. The highest BCUT2D eigenvalue weighted by Gasteiger charge is 2.06. The van der Waals surface area contributed by atoms with Gasteiger partial charge in [-0.25, -0.2) is 0 Å². The fourth-order valence-electron chi connectivity index (χ4n) is 2.64. The summed E-state index contributed by atoms with van der Waals surface area (Å²) in [5, 5.41) is 2.35. The lowest BCUT2D eigenvalue weighted by Gasteiger charge is -2.10. The van der Waals surface area contributed by atoms with Gasteiger partial charge in [0.1, 0.15) is 5.75 Å². The Kier molecular flexibility index (Phi) is 4.42. The van der Waals surface area contributed by atoms with Gasteiger partial charge in [-0.2, -0.15) is 0 Å². The van der Waals surface area contributed by atoms with E-state index < -0.39 is 0 Å². The van der Waals surface area contributed by atoms with Crippen molar-refractivity contribution < 1.29 is 4.74 Å². The van der Waals surface area contributed by atoms with Crippen LogP contribution in [0, 0.1) is 13.8 Å². The summed E-state index contributed by atoms with van der Waals surface area (Å²) in [6, 6.07) is 18.7. The van der Waals surface area contributed by atoms with E-state index in [2.05, 4.69) is 49.2 Å². The van der Waals surface area contributed by atoms with Crippen molar-refractivity contribution in [3.05, 3.63) is 71.3 Å². The van der Waals surface area contributed by atoms with Crippen LogP contribution < -0.4 is 4.74 Å². The number of fused-ring (bicyclic) bond motifs is 1. The Morgan fingerprint density at radius 2 is 1.78 bits per heavy atom. The number of aryl methyl sites for hydroxylation is 2. The van der Waals surface area contributed by atoms with Crippen LogP contribution in [0.4, 0.5) is 5.69 Å². The highest BCUT2D eigenvalue weighted by atomic mass is 16.5. The molecule has 3 rings (SSSR count).